The summed E-state index contributed by atoms with van der Waals surface area (Å²) in [5.41, 5.74) is 4.22. The number of carbonyl (C=O) groups is 1. The number of rotatable bonds is 8. The number of benzene rings is 3. The van der Waals surface area contributed by atoms with Crippen molar-refractivity contribution in [1.82, 2.24) is 0 Å². The van der Waals surface area contributed by atoms with Gasteiger partial charge >= 0.3 is 0 Å². The normalized spacial score (nSPS) is 11.4. The summed E-state index contributed by atoms with van der Waals surface area (Å²) in [6.07, 6.45) is 3.15. The Kier molecular flexibility index (Phi) is 7.06. The predicted octanol–water partition coefficient (Wildman–Crippen LogP) is 6.70. The molecule has 3 aromatic carbocycles. The molecule has 0 saturated heterocycles. The minimum absolute atomic E-state index is 0.335. The minimum atomic E-state index is -0.368. The van der Waals surface area contributed by atoms with Gasteiger partial charge in [0, 0.05) is 39.9 Å². The summed E-state index contributed by atoms with van der Waals surface area (Å²) in [6.45, 7) is 4.17. The van der Waals surface area contributed by atoms with Gasteiger partial charge in [-0.1, -0.05) is 0 Å². The number of hydrogen-bond donors (Lipinski definition) is 1. The van der Waals surface area contributed by atoms with Crippen LogP contribution < -0.4 is 19.5 Å². The van der Waals surface area contributed by atoms with E-state index < -0.39 is 0 Å². The van der Waals surface area contributed by atoms with Crippen molar-refractivity contribution in [2.24, 2.45) is 0 Å². The lowest BCUT2D eigenvalue weighted by Crippen LogP contribution is -2.08. The zero-order chi connectivity index (χ0) is 24.9. The van der Waals surface area contributed by atoms with Gasteiger partial charge in [0.15, 0.2) is 0 Å². The largest absolute Gasteiger partial charge is 0.497 e. The number of allylic oxidation sites excluding steroid dienone is 1. The van der Waals surface area contributed by atoms with E-state index in [0.29, 0.717) is 40.7 Å². The van der Waals surface area contributed by atoms with Gasteiger partial charge in [-0.25, -0.2) is 4.39 Å². The van der Waals surface area contributed by atoms with Gasteiger partial charge in [-0.2, -0.15) is 0 Å². The molecule has 0 aliphatic carbocycles. The Hall–Kier alpha value is -4.26. The van der Waals surface area contributed by atoms with E-state index in [-0.39, 0.29) is 11.7 Å². The third kappa shape index (κ3) is 5.14. The van der Waals surface area contributed by atoms with Gasteiger partial charge in [0.2, 0.25) is 5.91 Å². The first kappa shape index (κ1) is 23.9. The highest BCUT2D eigenvalue weighted by molar-refractivity contribution is 6.05. The highest BCUT2D eigenvalue weighted by atomic mass is 19.1. The monoisotopic (exact) mass is 475 g/mol. The maximum atomic E-state index is 13.2. The summed E-state index contributed by atoms with van der Waals surface area (Å²) in [6, 6.07) is 14.9. The molecule has 0 saturated carbocycles. The van der Waals surface area contributed by atoms with Crippen molar-refractivity contribution in [3.05, 3.63) is 78.3 Å². The van der Waals surface area contributed by atoms with Crippen LogP contribution in [-0.2, 0) is 4.79 Å². The molecule has 0 aliphatic rings. The number of fused-ring (bicyclic) bond motifs is 1. The standard InChI is InChI=1S/C28H26FNO5/c1-5-34-26-15-27-23(24(16-35-27)22-13-20(32-3)10-11-25(22)33-4)14-21(26)17(2)12-28(31)30-19-8-6-18(29)7-9-19/h6-16H,5H2,1-4H3,(H,30,31)/b17-12+. The second kappa shape index (κ2) is 10.3. The second-order valence-electron chi connectivity index (χ2n) is 7.82. The molecule has 0 aliphatic heterocycles. The minimum Gasteiger partial charge on any atom is -0.497 e. The Morgan fingerprint density at radius 3 is 2.46 bits per heavy atom. The number of ether oxygens (including phenoxy) is 3. The predicted molar refractivity (Wildman–Crippen MR) is 135 cm³/mol. The molecular weight excluding hydrogens is 449 g/mol. The number of nitrogens with one attached hydrogen (secondary N) is 1. The fourth-order valence-electron chi connectivity index (χ4n) is 3.86. The van der Waals surface area contributed by atoms with E-state index in [4.69, 9.17) is 18.6 Å². The van der Waals surface area contributed by atoms with E-state index in [9.17, 15) is 9.18 Å². The lowest BCUT2D eigenvalue weighted by atomic mass is 9.98. The molecule has 0 spiro atoms. The van der Waals surface area contributed by atoms with Gasteiger partial charge in [0.1, 0.15) is 28.6 Å². The van der Waals surface area contributed by atoms with Crippen molar-refractivity contribution in [2.45, 2.75) is 13.8 Å². The fourth-order valence-corrected chi connectivity index (χ4v) is 3.86. The molecule has 4 aromatic rings. The Morgan fingerprint density at radius 1 is 1.00 bits per heavy atom. The summed E-state index contributed by atoms with van der Waals surface area (Å²) in [7, 11) is 3.22. The fraction of sp³-hybridized carbons (Fsp3) is 0.179. The Morgan fingerprint density at radius 2 is 1.77 bits per heavy atom. The van der Waals surface area contributed by atoms with E-state index >= 15 is 0 Å². The quantitative estimate of drug-likeness (QED) is 0.287. The molecule has 0 atom stereocenters. The Bertz CT molecular complexity index is 1390. The van der Waals surface area contributed by atoms with Crippen LogP contribution in [0.3, 0.4) is 0 Å². The average molecular weight is 476 g/mol. The number of amides is 1. The van der Waals surface area contributed by atoms with Crippen LogP contribution in [0, 0.1) is 5.82 Å². The first-order chi connectivity index (χ1) is 16.9. The second-order valence-corrected chi connectivity index (χ2v) is 7.82. The average Bonchev–Trinajstić information content (AvgIpc) is 3.27. The van der Waals surface area contributed by atoms with Crippen LogP contribution >= 0.6 is 0 Å². The van der Waals surface area contributed by atoms with E-state index in [1.54, 1.807) is 20.5 Å². The van der Waals surface area contributed by atoms with E-state index in [1.165, 1.54) is 30.3 Å². The molecule has 35 heavy (non-hydrogen) atoms. The lowest BCUT2D eigenvalue weighted by molar-refractivity contribution is -0.111. The maximum Gasteiger partial charge on any atom is 0.248 e. The first-order valence-corrected chi connectivity index (χ1v) is 11.1. The summed E-state index contributed by atoms with van der Waals surface area (Å²) < 4.78 is 35.8. The highest BCUT2D eigenvalue weighted by Gasteiger charge is 2.18. The van der Waals surface area contributed by atoms with Gasteiger partial charge < -0.3 is 23.9 Å². The maximum absolute atomic E-state index is 13.2. The zero-order valence-electron chi connectivity index (χ0n) is 20.0. The van der Waals surface area contributed by atoms with Crippen molar-refractivity contribution in [3.63, 3.8) is 0 Å². The first-order valence-electron chi connectivity index (χ1n) is 11.1. The molecule has 6 nitrogen and oxygen atoms in total. The molecule has 1 N–H and O–H groups in total. The number of anilines is 1. The van der Waals surface area contributed by atoms with Crippen molar-refractivity contribution in [1.29, 1.82) is 0 Å². The molecule has 0 radical (unpaired) electrons. The van der Waals surface area contributed by atoms with Crippen LogP contribution in [0.25, 0.3) is 27.7 Å². The number of methoxy groups -OCH3 is 2. The van der Waals surface area contributed by atoms with E-state index in [1.807, 2.05) is 44.2 Å². The van der Waals surface area contributed by atoms with Crippen LogP contribution in [0.2, 0.25) is 0 Å². The third-order valence-corrected chi connectivity index (χ3v) is 5.56. The molecule has 0 unspecified atom stereocenters. The molecule has 1 heterocycles. The molecule has 4 rings (SSSR count). The van der Waals surface area contributed by atoms with E-state index in [2.05, 4.69) is 5.32 Å². The highest BCUT2D eigenvalue weighted by Crippen LogP contribution is 2.41. The number of furan rings is 1. The van der Waals surface area contributed by atoms with Crippen molar-refractivity contribution >= 4 is 28.1 Å². The van der Waals surface area contributed by atoms with Gasteiger partial charge in [0.05, 0.1) is 27.1 Å². The van der Waals surface area contributed by atoms with Crippen molar-refractivity contribution < 1.29 is 27.8 Å². The Labute approximate surface area is 202 Å². The van der Waals surface area contributed by atoms with Gasteiger partial charge in [-0.15, -0.1) is 0 Å². The van der Waals surface area contributed by atoms with Crippen LogP contribution in [0.4, 0.5) is 10.1 Å². The number of hydrogen-bond acceptors (Lipinski definition) is 5. The third-order valence-electron chi connectivity index (χ3n) is 5.56. The SMILES string of the molecule is CCOc1cc2occ(-c3cc(OC)ccc3OC)c2cc1/C(C)=C/C(=O)Nc1ccc(F)cc1. The number of halogens is 1. The zero-order valence-corrected chi connectivity index (χ0v) is 20.0. The van der Waals surface area contributed by atoms with Crippen LogP contribution in [-0.4, -0.2) is 26.7 Å². The van der Waals surface area contributed by atoms with Crippen molar-refractivity contribution in [3.8, 4) is 28.4 Å². The molecule has 1 aromatic heterocycles. The van der Waals surface area contributed by atoms with Crippen LogP contribution in [0.1, 0.15) is 19.4 Å². The van der Waals surface area contributed by atoms with Crippen LogP contribution in [0.5, 0.6) is 17.2 Å². The van der Waals surface area contributed by atoms with Crippen molar-refractivity contribution in [2.75, 3.05) is 26.1 Å². The summed E-state index contributed by atoms with van der Waals surface area (Å²) in [4.78, 5) is 12.6. The summed E-state index contributed by atoms with van der Waals surface area (Å²) in [5, 5.41) is 3.58. The van der Waals surface area contributed by atoms with Crippen LogP contribution in [0.15, 0.2) is 71.4 Å². The molecule has 0 bridgehead atoms. The molecule has 0 fully saturated rings. The molecule has 7 heteroatoms. The van der Waals surface area contributed by atoms with Gasteiger partial charge in [-0.3, -0.25) is 4.79 Å². The van der Waals surface area contributed by atoms with E-state index in [0.717, 1.165) is 22.1 Å². The molecule has 1 amide bonds. The Balaban J connectivity index is 1.77. The van der Waals surface area contributed by atoms with Gasteiger partial charge in [-0.05, 0) is 68.0 Å². The van der Waals surface area contributed by atoms with Gasteiger partial charge in [0.25, 0.3) is 0 Å². The smallest absolute Gasteiger partial charge is 0.248 e. The summed E-state index contributed by atoms with van der Waals surface area (Å²) >= 11 is 0. The molecule has 180 valence electrons. The molecular formula is C28H26FNO5. The topological polar surface area (TPSA) is 69.9 Å². The lowest BCUT2D eigenvalue weighted by Gasteiger charge is -2.13. The summed E-state index contributed by atoms with van der Waals surface area (Å²) in [5.74, 6) is 1.26. The number of carbonyl (C=O) groups excluding carboxylic acids is 1.